The Morgan fingerprint density at radius 3 is 2.44 bits per heavy atom. The Hall–Kier alpha value is -1.26. The number of ether oxygens (including phenoxy) is 3. The highest BCUT2D eigenvalue weighted by atomic mass is 16.5. The molecule has 2 rings (SSSR count). The predicted octanol–water partition coefficient (Wildman–Crippen LogP) is 1.97. The molecule has 1 fully saturated rings. The third-order valence-electron chi connectivity index (χ3n) is 3.19. The lowest BCUT2D eigenvalue weighted by molar-refractivity contribution is 0.0375. The van der Waals surface area contributed by atoms with Gasteiger partial charge in [0.15, 0.2) is 0 Å². The standard InChI is InChI=1S/C14H21NO3/c1-16-12-4-6-13(7-5-12)17-8-9-18-14-3-2-11(15)10-14/h4-7,11,14H,2-3,8-10,15H2,1H3. The maximum Gasteiger partial charge on any atom is 0.119 e. The quantitative estimate of drug-likeness (QED) is 0.785. The molecule has 0 saturated heterocycles. The molecule has 0 spiro atoms. The highest BCUT2D eigenvalue weighted by molar-refractivity contribution is 5.31. The lowest BCUT2D eigenvalue weighted by Crippen LogP contribution is -2.19. The zero-order chi connectivity index (χ0) is 12.8. The minimum Gasteiger partial charge on any atom is -0.497 e. The van der Waals surface area contributed by atoms with Crippen LogP contribution in [0.2, 0.25) is 0 Å². The molecule has 2 atom stereocenters. The van der Waals surface area contributed by atoms with E-state index in [-0.39, 0.29) is 0 Å². The van der Waals surface area contributed by atoms with Crippen molar-refractivity contribution in [1.82, 2.24) is 0 Å². The van der Waals surface area contributed by atoms with Crippen molar-refractivity contribution in [2.45, 2.75) is 31.4 Å². The molecular weight excluding hydrogens is 230 g/mol. The molecule has 1 aromatic carbocycles. The van der Waals surface area contributed by atoms with Crippen LogP contribution in [0, 0.1) is 0 Å². The van der Waals surface area contributed by atoms with E-state index >= 15 is 0 Å². The molecule has 2 unspecified atom stereocenters. The Morgan fingerprint density at radius 2 is 1.83 bits per heavy atom. The maximum absolute atomic E-state index is 5.82. The molecule has 0 bridgehead atoms. The average Bonchev–Trinajstić information content (AvgIpc) is 2.81. The third-order valence-corrected chi connectivity index (χ3v) is 3.19. The molecule has 18 heavy (non-hydrogen) atoms. The van der Waals surface area contributed by atoms with Crippen molar-refractivity contribution < 1.29 is 14.2 Å². The van der Waals surface area contributed by atoms with Crippen LogP contribution in [0.15, 0.2) is 24.3 Å². The van der Waals surface area contributed by atoms with Crippen molar-refractivity contribution in [3.8, 4) is 11.5 Å². The van der Waals surface area contributed by atoms with Crippen molar-refractivity contribution in [3.63, 3.8) is 0 Å². The van der Waals surface area contributed by atoms with Crippen LogP contribution < -0.4 is 15.2 Å². The zero-order valence-corrected chi connectivity index (χ0v) is 10.8. The van der Waals surface area contributed by atoms with Gasteiger partial charge in [0.2, 0.25) is 0 Å². The fraction of sp³-hybridized carbons (Fsp3) is 0.571. The molecule has 1 aliphatic carbocycles. The number of rotatable bonds is 6. The topological polar surface area (TPSA) is 53.7 Å². The van der Waals surface area contributed by atoms with E-state index in [1.165, 1.54) is 0 Å². The summed E-state index contributed by atoms with van der Waals surface area (Å²) in [6, 6.07) is 7.87. The van der Waals surface area contributed by atoms with Gasteiger partial charge in [0.1, 0.15) is 18.1 Å². The van der Waals surface area contributed by atoms with Gasteiger partial charge in [0, 0.05) is 6.04 Å². The van der Waals surface area contributed by atoms with Crippen LogP contribution in [-0.2, 0) is 4.74 Å². The van der Waals surface area contributed by atoms with E-state index in [1.807, 2.05) is 24.3 Å². The van der Waals surface area contributed by atoms with Crippen molar-refractivity contribution >= 4 is 0 Å². The molecule has 4 nitrogen and oxygen atoms in total. The van der Waals surface area contributed by atoms with Gasteiger partial charge in [-0.2, -0.15) is 0 Å². The summed E-state index contributed by atoms with van der Waals surface area (Å²) >= 11 is 0. The molecule has 0 amide bonds. The predicted molar refractivity (Wildman–Crippen MR) is 70.1 cm³/mol. The summed E-state index contributed by atoms with van der Waals surface area (Å²) in [7, 11) is 1.65. The van der Waals surface area contributed by atoms with Gasteiger partial charge < -0.3 is 19.9 Å². The fourth-order valence-electron chi connectivity index (χ4n) is 2.17. The Balaban J connectivity index is 1.62. The zero-order valence-electron chi connectivity index (χ0n) is 10.8. The second kappa shape index (κ2) is 6.61. The summed E-state index contributed by atoms with van der Waals surface area (Å²) in [5.74, 6) is 1.67. The molecule has 0 heterocycles. The van der Waals surface area contributed by atoms with Crippen LogP contribution in [0.4, 0.5) is 0 Å². The smallest absolute Gasteiger partial charge is 0.119 e. The van der Waals surface area contributed by atoms with Crippen molar-refractivity contribution in [2.24, 2.45) is 5.73 Å². The van der Waals surface area contributed by atoms with Crippen molar-refractivity contribution in [1.29, 1.82) is 0 Å². The van der Waals surface area contributed by atoms with Crippen LogP contribution in [-0.4, -0.2) is 32.5 Å². The summed E-state index contributed by atoms with van der Waals surface area (Å²) in [6.45, 7) is 1.18. The van der Waals surface area contributed by atoms with Gasteiger partial charge >= 0.3 is 0 Å². The first-order valence-corrected chi connectivity index (χ1v) is 6.42. The van der Waals surface area contributed by atoms with Crippen LogP contribution in [0.5, 0.6) is 11.5 Å². The molecule has 100 valence electrons. The molecule has 1 aliphatic rings. The molecule has 0 aliphatic heterocycles. The number of methoxy groups -OCH3 is 1. The summed E-state index contributed by atoms with van der Waals surface area (Å²) in [5, 5.41) is 0. The lowest BCUT2D eigenvalue weighted by atomic mass is 10.3. The van der Waals surface area contributed by atoms with Crippen LogP contribution >= 0.6 is 0 Å². The van der Waals surface area contributed by atoms with Gasteiger partial charge in [-0.15, -0.1) is 0 Å². The highest BCUT2D eigenvalue weighted by Gasteiger charge is 2.21. The minimum absolute atomic E-state index is 0.317. The monoisotopic (exact) mass is 251 g/mol. The molecule has 1 aromatic rings. The number of hydrogen-bond donors (Lipinski definition) is 1. The number of nitrogens with two attached hydrogens (primary N) is 1. The van der Waals surface area contributed by atoms with Gasteiger partial charge in [0.05, 0.1) is 19.8 Å². The summed E-state index contributed by atoms with van der Waals surface area (Å²) in [4.78, 5) is 0. The van der Waals surface area contributed by atoms with Gasteiger partial charge in [-0.1, -0.05) is 0 Å². The first kappa shape index (κ1) is 13.2. The molecule has 2 N–H and O–H groups in total. The van der Waals surface area contributed by atoms with E-state index in [0.29, 0.717) is 25.4 Å². The SMILES string of the molecule is COc1ccc(OCCOC2CCC(N)C2)cc1. The van der Waals surface area contributed by atoms with Gasteiger partial charge in [-0.3, -0.25) is 0 Å². The van der Waals surface area contributed by atoms with Crippen LogP contribution in [0.3, 0.4) is 0 Å². The number of benzene rings is 1. The molecule has 4 heteroatoms. The fourth-order valence-corrected chi connectivity index (χ4v) is 2.17. The Labute approximate surface area is 108 Å². The summed E-state index contributed by atoms with van der Waals surface area (Å²) < 4.78 is 16.4. The lowest BCUT2D eigenvalue weighted by Gasteiger charge is -2.12. The largest absolute Gasteiger partial charge is 0.497 e. The minimum atomic E-state index is 0.317. The Bertz CT molecular complexity index is 353. The van der Waals surface area contributed by atoms with Gasteiger partial charge in [-0.25, -0.2) is 0 Å². The molecule has 0 aromatic heterocycles. The first-order chi connectivity index (χ1) is 8.78. The van der Waals surface area contributed by atoms with Gasteiger partial charge in [-0.05, 0) is 43.5 Å². The molecule has 1 saturated carbocycles. The normalized spacial score (nSPS) is 23.0. The highest BCUT2D eigenvalue weighted by Crippen LogP contribution is 2.20. The molecular formula is C14H21NO3. The van der Waals surface area contributed by atoms with Gasteiger partial charge in [0.25, 0.3) is 0 Å². The maximum atomic E-state index is 5.82. The van der Waals surface area contributed by atoms with E-state index in [2.05, 4.69) is 0 Å². The second-order valence-electron chi connectivity index (χ2n) is 4.59. The van der Waals surface area contributed by atoms with E-state index < -0.39 is 0 Å². The van der Waals surface area contributed by atoms with E-state index in [0.717, 1.165) is 30.8 Å². The van der Waals surface area contributed by atoms with E-state index in [9.17, 15) is 0 Å². The Morgan fingerprint density at radius 1 is 1.11 bits per heavy atom. The Kier molecular flexibility index (Phi) is 4.84. The number of hydrogen-bond acceptors (Lipinski definition) is 4. The third kappa shape index (κ3) is 3.89. The van der Waals surface area contributed by atoms with Crippen molar-refractivity contribution in [3.05, 3.63) is 24.3 Å². The second-order valence-corrected chi connectivity index (χ2v) is 4.59. The van der Waals surface area contributed by atoms with Crippen LogP contribution in [0.25, 0.3) is 0 Å². The van der Waals surface area contributed by atoms with E-state index in [1.54, 1.807) is 7.11 Å². The van der Waals surface area contributed by atoms with Crippen LogP contribution in [0.1, 0.15) is 19.3 Å². The average molecular weight is 251 g/mol. The summed E-state index contributed by atoms with van der Waals surface area (Å²) in [6.07, 6.45) is 3.44. The molecule has 0 radical (unpaired) electrons. The first-order valence-electron chi connectivity index (χ1n) is 6.42. The van der Waals surface area contributed by atoms with Crippen molar-refractivity contribution in [2.75, 3.05) is 20.3 Å². The van der Waals surface area contributed by atoms with E-state index in [4.69, 9.17) is 19.9 Å². The summed E-state index contributed by atoms with van der Waals surface area (Å²) in [5.41, 5.74) is 5.82.